The molecule has 0 radical (unpaired) electrons. The predicted molar refractivity (Wildman–Crippen MR) is 141 cm³/mol. The lowest BCUT2D eigenvalue weighted by molar-refractivity contribution is 0.0402. The van der Waals surface area contributed by atoms with Crippen LogP contribution in [0.2, 0.25) is 0 Å². The molecule has 0 aliphatic heterocycles. The van der Waals surface area contributed by atoms with E-state index in [4.69, 9.17) is 14.7 Å². The number of hydrogen-bond acceptors (Lipinski definition) is 7. The van der Waals surface area contributed by atoms with Gasteiger partial charge in [-0.25, -0.2) is 13.2 Å². The summed E-state index contributed by atoms with van der Waals surface area (Å²) in [5.41, 5.74) is 0.123. The van der Waals surface area contributed by atoms with Crippen LogP contribution < -0.4 is 10.1 Å². The summed E-state index contributed by atoms with van der Waals surface area (Å²) >= 11 is 0. The van der Waals surface area contributed by atoms with Crippen LogP contribution in [0.4, 0.5) is 4.79 Å². The van der Waals surface area contributed by atoms with E-state index in [0.29, 0.717) is 25.0 Å². The highest BCUT2D eigenvalue weighted by molar-refractivity contribution is 7.89. The molecule has 0 aliphatic carbocycles. The number of aliphatic hydroxyl groups excluding tert-OH is 1. The van der Waals surface area contributed by atoms with Crippen molar-refractivity contribution in [1.82, 2.24) is 9.62 Å². The summed E-state index contributed by atoms with van der Waals surface area (Å²) in [6, 6.07) is 16.5. The summed E-state index contributed by atoms with van der Waals surface area (Å²) in [6.07, 6.45) is -0.409. The zero-order chi connectivity index (χ0) is 27.5. The summed E-state index contributed by atoms with van der Waals surface area (Å²) in [7, 11) is -2.49. The fourth-order valence-electron chi connectivity index (χ4n) is 3.64. The molecule has 1 unspecified atom stereocenters. The van der Waals surface area contributed by atoms with Gasteiger partial charge in [0.2, 0.25) is 10.0 Å². The predicted octanol–water partition coefficient (Wildman–Crippen LogP) is 3.88. The molecule has 37 heavy (non-hydrogen) atoms. The maximum atomic E-state index is 13.5. The molecular formula is C27H37N3O6S. The SMILES string of the molecule is COc1ccc(S(=O)(=O)N(CCCCC#N)CC(O)[C@H](Cc2ccccc2)NC(=O)OC(C)(C)C)cc1. The van der Waals surface area contributed by atoms with Crippen molar-refractivity contribution in [3.63, 3.8) is 0 Å². The van der Waals surface area contributed by atoms with Crippen molar-refractivity contribution in [2.24, 2.45) is 0 Å². The van der Waals surface area contributed by atoms with E-state index < -0.39 is 33.9 Å². The van der Waals surface area contributed by atoms with Gasteiger partial charge in [0, 0.05) is 19.5 Å². The van der Waals surface area contributed by atoms with E-state index in [1.54, 1.807) is 32.9 Å². The number of nitrogens with zero attached hydrogens (tertiary/aromatic N) is 2. The van der Waals surface area contributed by atoms with E-state index in [1.165, 1.54) is 23.5 Å². The molecule has 10 heteroatoms. The standard InChI is InChI=1S/C27H37N3O6S/c1-27(2,3)36-26(32)29-24(19-21-11-7-5-8-12-21)25(31)20-30(18-10-6-9-17-28)37(33,34)23-15-13-22(35-4)14-16-23/h5,7-8,11-16,24-25,31H,6,9-10,18-20H2,1-4H3,(H,29,32)/t24-,25?/m0/s1. The van der Waals surface area contributed by atoms with Crippen molar-refractivity contribution in [3.8, 4) is 11.8 Å². The Kier molecular flexibility index (Phi) is 11.4. The van der Waals surface area contributed by atoms with Crippen LogP contribution in [0.5, 0.6) is 5.75 Å². The molecule has 0 spiro atoms. The van der Waals surface area contributed by atoms with Crippen LogP contribution in [-0.4, -0.2) is 61.9 Å². The van der Waals surface area contributed by atoms with E-state index >= 15 is 0 Å². The number of rotatable bonds is 13. The third kappa shape index (κ3) is 10.0. The number of nitriles is 1. The molecule has 0 saturated heterocycles. The Bertz CT molecular complexity index is 1130. The third-order valence-electron chi connectivity index (χ3n) is 5.50. The molecule has 2 N–H and O–H groups in total. The van der Waals surface area contributed by atoms with E-state index in [0.717, 1.165) is 5.56 Å². The van der Waals surface area contributed by atoms with Crippen molar-refractivity contribution in [3.05, 3.63) is 60.2 Å². The molecule has 2 rings (SSSR count). The molecule has 0 saturated carbocycles. The summed E-state index contributed by atoms with van der Waals surface area (Å²) in [6.45, 7) is 5.06. The fraction of sp³-hybridized carbons (Fsp3) is 0.481. The lowest BCUT2D eigenvalue weighted by Crippen LogP contribution is -2.51. The van der Waals surface area contributed by atoms with E-state index in [9.17, 15) is 18.3 Å². The second kappa shape index (κ2) is 14.0. The van der Waals surface area contributed by atoms with Crippen molar-refractivity contribution < 1.29 is 27.8 Å². The number of hydrogen-bond donors (Lipinski definition) is 2. The summed E-state index contributed by atoms with van der Waals surface area (Å²) in [5.74, 6) is 0.518. The molecule has 0 aromatic heterocycles. The van der Waals surface area contributed by atoms with Gasteiger partial charge in [-0.3, -0.25) is 0 Å². The van der Waals surface area contributed by atoms with Gasteiger partial charge in [-0.2, -0.15) is 9.57 Å². The topological polar surface area (TPSA) is 129 Å². The quantitative estimate of drug-likeness (QED) is 0.375. The van der Waals surface area contributed by atoms with Gasteiger partial charge in [-0.05, 0) is 69.9 Å². The number of unbranched alkanes of at least 4 members (excludes halogenated alkanes) is 2. The first-order chi connectivity index (χ1) is 17.5. The molecule has 0 heterocycles. The Balaban J connectivity index is 2.31. The monoisotopic (exact) mass is 531 g/mol. The number of benzene rings is 2. The number of carbonyl (C=O) groups is 1. The maximum Gasteiger partial charge on any atom is 0.407 e. The fourth-order valence-corrected chi connectivity index (χ4v) is 5.14. The summed E-state index contributed by atoms with van der Waals surface area (Å²) in [5, 5.41) is 22.8. The normalized spacial score (nSPS) is 13.4. The van der Waals surface area contributed by atoms with Crippen molar-refractivity contribution in [2.45, 2.75) is 69.1 Å². The number of amides is 1. The number of aliphatic hydroxyl groups is 1. The van der Waals surface area contributed by atoms with Crippen LogP contribution >= 0.6 is 0 Å². The van der Waals surface area contributed by atoms with E-state index in [1.807, 2.05) is 30.3 Å². The number of sulfonamides is 1. The van der Waals surface area contributed by atoms with Gasteiger partial charge < -0.3 is 19.9 Å². The molecule has 9 nitrogen and oxygen atoms in total. The van der Waals surface area contributed by atoms with Gasteiger partial charge in [-0.15, -0.1) is 0 Å². The van der Waals surface area contributed by atoms with Crippen LogP contribution in [0, 0.1) is 11.3 Å². The minimum Gasteiger partial charge on any atom is -0.497 e. The first-order valence-corrected chi connectivity index (χ1v) is 13.6. The minimum atomic E-state index is -3.98. The highest BCUT2D eigenvalue weighted by Crippen LogP contribution is 2.21. The Hall–Kier alpha value is -3.13. The second-order valence-corrected chi connectivity index (χ2v) is 11.6. The smallest absolute Gasteiger partial charge is 0.407 e. The average Bonchev–Trinajstić information content (AvgIpc) is 2.84. The lowest BCUT2D eigenvalue weighted by atomic mass is 10.0. The van der Waals surface area contributed by atoms with Gasteiger partial charge in [0.1, 0.15) is 11.4 Å². The Labute approximate surface area is 220 Å². The van der Waals surface area contributed by atoms with Gasteiger partial charge in [0.25, 0.3) is 0 Å². The first kappa shape index (κ1) is 30.1. The Morgan fingerprint density at radius 1 is 1.11 bits per heavy atom. The largest absolute Gasteiger partial charge is 0.497 e. The summed E-state index contributed by atoms with van der Waals surface area (Å²) < 4.78 is 38.7. The van der Waals surface area contributed by atoms with Crippen LogP contribution in [0.25, 0.3) is 0 Å². The van der Waals surface area contributed by atoms with Crippen LogP contribution in [0.1, 0.15) is 45.6 Å². The van der Waals surface area contributed by atoms with Crippen molar-refractivity contribution >= 4 is 16.1 Å². The van der Waals surface area contributed by atoms with Gasteiger partial charge in [0.15, 0.2) is 0 Å². The number of nitrogens with one attached hydrogen (secondary N) is 1. The van der Waals surface area contributed by atoms with Crippen LogP contribution in [0.3, 0.4) is 0 Å². The van der Waals surface area contributed by atoms with Crippen LogP contribution in [0.15, 0.2) is 59.5 Å². The molecule has 0 bridgehead atoms. The minimum absolute atomic E-state index is 0.0560. The number of alkyl carbamates (subject to hydrolysis) is 1. The van der Waals surface area contributed by atoms with E-state index in [-0.39, 0.29) is 24.4 Å². The van der Waals surface area contributed by atoms with Crippen molar-refractivity contribution in [2.75, 3.05) is 20.2 Å². The molecule has 2 aromatic rings. The highest BCUT2D eigenvalue weighted by atomic mass is 32.2. The number of carbonyl (C=O) groups excluding carboxylic acids is 1. The van der Waals surface area contributed by atoms with E-state index in [2.05, 4.69) is 11.4 Å². The molecule has 2 atom stereocenters. The lowest BCUT2D eigenvalue weighted by Gasteiger charge is -2.30. The van der Waals surface area contributed by atoms with Crippen LogP contribution in [-0.2, 0) is 21.2 Å². The first-order valence-electron chi connectivity index (χ1n) is 12.2. The third-order valence-corrected chi connectivity index (χ3v) is 7.38. The number of methoxy groups -OCH3 is 1. The summed E-state index contributed by atoms with van der Waals surface area (Å²) in [4.78, 5) is 12.6. The van der Waals surface area contributed by atoms with Gasteiger partial charge in [-0.1, -0.05) is 30.3 Å². The Morgan fingerprint density at radius 3 is 2.32 bits per heavy atom. The molecule has 0 fully saturated rings. The number of ether oxygens (including phenoxy) is 2. The molecule has 202 valence electrons. The molecule has 2 aromatic carbocycles. The Morgan fingerprint density at radius 2 is 1.76 bits per heavy atom. The molecule has 1 amide bonds. The zero-order valence-electron chi connectivity index (χ0n) is 21.9. The molecule has 0 aliphatic rings. The highest BCUT2D eigenvalue weighted by Gasteiger charge is 2.31. The molecular weight excluding hydrogens is 494 g/mol. The maximum absolute atomic E-state index is 13.5. The average molecular weight is 532 g/mol. The van der Waals surface area contributed by atoms with Crippen molar-refractivity contribution in [1.29, 1.82) is 5.26 Å². The van der Waals surface area contributed by atoms with Gasteiger partial charge >= 0.3 is 6.09 Å². The zero-order valence-corrected chi connectivity index (χ0v) is 22.7. The van der Waals surface area contributed by atoms with Gasteiger partial charge in [0.05, 0.1) is 30.2 Å². The second-order valence-electron chi connectivity index (χ2n) is 9.66.